The number of ether oxygens (including phenoxy) is 1. The highest BCUT2D eigenvalue weighted by Crippen LogP contribution is 2.31. The number of aliphatic hydroxyl groups is 1. The standard InChI is InChI=1S/C14H27BO2/c1-12-6-4-3-5-8-14(15,17-11-10-16)9-7-13(12)2/h12-13,16H,3-11H2,1-2H3. The Hall–Kier alpha value is -0.0151. The van der Waals surface area contributed by atoms with Gasteiger partial charge in [0, 0.05) is 5.50 Å². The van der Waals surface area contributed by atoms with Gasteiger partial charge in [-0.1, -0.05) is 39.5 Å². The van der Waals surface area contributed by atoms with Crippen molar-refractivity contribution in [2.24, 2.45) is 11.8 Å². The van der Waals surface area contributed by atoms with E-state index >= 15 is 0 Å². The minimum Gasteiger partial charge on any atom is -0.394 e. The zero-order valence-corrected chi connectivity index (χ0v) is 11.5. The highest BCUT2D eigenvalue weighted by atomic mass is 16.5. The Bertz CT molecular complexity index is 210. The van der Waals surface area contributed by atoms with Crippen molar-refractivity contribution < 1.29 is 9.84 Å². The van der Waals surface area contributed by atoms with E-state index in [9.17, 15) is 0 Å². The number of hydrogen-bond donors (Lipinski definition) is 1. The summed E-state index contributed by atoms with van der Waals surface area (Å²) in [6, 6.07) is 0. The Kier molecular flexibility index (Phi) is 6.57. The van der Waals surface area contributed by atoms with Crippen LogP contribution in [-0.4, -0.2) is 31.7 Å². The van der Waals surface area contributed by atoms with Gasteiger partial charge >= 0.3 is 0 Å². The lowest BCUT2D eigenvalue weighted by atomic mass is 9.70. The normalized spacial score (nSPS) is 36.6. The van der Waals surface area contributed by atoms with Crippen molar-refractivity contribution in [2.45, 2.75) is 64.3 Å². The van der Waals surface area contributed by atoms with E-state index in [0.29, 0.717) is 12.5 Å². The zero-order valence-electron chi connectivity index (χ0n) is 11.5. The lowest BCUT2D eigenvalue weighted by Gasteiger charge is -2.34. The maximum Gasteiger partial charge on any atom is 0.113 e. The van der Waals surface area contributed by atoms with Gasteiger partial charge < -0.3 is 9.84 Å². The van der Waals surface area contributed by atoms with Crippen molar-refractivity contribution in [1.82, 2.24) is 0 Å². The quantitative estimate of drug-likeness (QED) is 0.766. The van der Waals surface area contributed by atoms with Crippen molar-refractivity contribution >= 4 is 7.85 Å². The van der Waals surface area contributed by atoms with Gasteiger partial charge in [-0.2, -0.15) is 0 Å². The summed E-state index contributed by atoms with van der Waals surface area (Å²) < 4.78 is 5.66. The predicted molar refractivity (Wildman–Crippen MR) is 72.2 cm³/mol. The minimum atomic E-state index is -0.506. The molecule has 0 aromatic carbocycles. The van der Waals surface area contributed by atoms with Gasteiger partial charge in [-0.3, -0.25) is 0 Å². The van der Waals surface area contributed by atoms with Crippen LogP contribution in [0, 0.1) is 11.8 Å². The van der Waals surface area contributed by atoms with Gasteiger partial charge in [0.25, 0.3) is 0 Å². The van der Waals surface area contributed by atoms with Gasteiger partial charge in [-0.25, -0.2) is 0 Å². The van der Waals surface area contributed by atoms with E-state index in [1.165, 1.54) is 19.3 Å². The van der Waals surface area contributed by atoms with Crippen LogP contribution in [0.3, 0.4) is 0 Å². The molecule has 1 aliphatic carbocycles. The van der Waals surface area contributed by atoms with Gasteiger partial charge in [0.1, 0.15) is 7.85 Å². The monoisotopic (exact) mass is 238 g/mol. The summed E-state index contributed by atoms with van der Waals surface area (Å²) >= 11 is 0. The Morgan fingerprint density at radius 2 is 1.82 bits per heavy atom. The summed E-state index contributed by atoms with van der Waals surface area (Å²) in [7, 11) is 6.31. The van der Waals surface area contributed by atoms with Gasteiger partial charge in [-0.05, 0) is 31.1 Å². The Morgan fingerprint density at radius 3 is 2.53 bits per heavy atom. The third-order valence-electron chi connectivity index (χ3n) is 4.23. The highest BCUT2D eigenvalue weighted by molar-refractivity contribution is 6.14. The molecule has 0 heterocycles. The minimum absolute atomic E-state index is 0.0604. The molecule has 3 atom stereocenters. The first-order valence-electron chi connectivity index (χ1n) is 7.11. The first-order valence-corrected chi connectivity index (χ1v) is 7.11. The fraction of sp³-hybridized carbons (Fsp3) is 1.00. The van der Waals surface area contributed by atoms with Gasteiger partial charge in [0.05, 0.1) is 13.2 Å². The van der Waals surface area contributed by atoms with Crippen LogP contribution in [0.4, 0.5) is 0 Å². The molecular formula is C14H27BO2. The Balaban J connectivity index is 2.52. The van der Waals surface area contributed by atoms with Crippen LogP contribution in [0.2, 0.25) is 0 Å². The molecule has 2 nitrogen and oxygen atoms in total. The second-order valence-electron chi connectivity index (χ2n) is 5.73. The molecule has 0 aromatic heterocycles. The molecule has 3 unspecified atom stereocenters. The van der Waals surface area contributed by atoms with E-state index in [1.54, 1.807) is 0 Å². The molecule has 2 radical (unpaired) electrons. The van der Waals surface area contributed by atoms with Crippen LogP contribution in [0.5, 0.6) is 0 Å². The van der Waals surface area contributed by atoms with Crippen molar-refractivity contribution in [1.29, 1.82) is 0 Å². The molecule has 0 aliphatic heterocycles. The molecule has 0 bridgehead atoms. The first kappa shape index (κ1) is 15.0. The lowest BCUT2D eigenvalue weighted by molar-refractivity contribution is -0.0179. The molecule has 0 spiro atoms. The van der Waals surface area contributed by atoms with Crippen LogP contribution in [0.25, 0.3) is 0 Å². The molecule has 1 fully saturated rings. The summed E-state index contributed by atoms with van der Waals surface area (Å²) in [5.41, 5.74) is -0.506. The average Bonchev–Trinajstić information content (AvgIpc) is 2.32. The van der Waals surface area contributed by atoms with Gasteiger partial charge in [0.15, 0.2) is 0 Å². The molecule has 1 saturated carbocycles. The maximum atomic E-state index is 8.85. The summed E-state index contributed by atoms with van der Waals surface area (Å²) in [5.74, 6) is 1.50. The van der Waals surface area contributed by atoms with Crippen LogP contribution >= 0.6 is 0 Å². The lowest BCUT2D eigenvalue weighted by Crippen LogP contribution is -2.35. The summed E-state index contributed by atoms with van der Waals surface area (Å²) in [6.45, 7) is 5.09. The number of rotatable bonds is 3. The van der Waals surface area contributed by atoms with Crippen LogP contribution in [0.15, 0.2) is 0 Å². The second kappa shape index (κ2) is 7.43. The van der Waals surface area contributed by atoms with Crippen molar-refractivity contribution in [3.8, 4) is 0 Å². The Morgan fingerprint density at radius 1 is 1.12 bits per heavy atom. The fourth-order valence-corrected chi connectivity index (χ4v) is 2.63. The number of aliphatic hydroxyl groups excluding tert-OH is 1. The number of hydrogen-bond acceptors (Lipinski definition) is 2. The van der Waals surface area contributed by atoms with E-state index in [0.717, 1.165) is 31.6 Å². The van der Waals surface area contributed by atoms with E-state index in [1.807, 2.05) is 0 Å². The molecule has 0 aromatic rings. The molecule has 1 aliphatic rings. The van der Waals surface area contributed by atoms with E-state index < -0.39 is 5.50 Å². The van der Waals surface area contributed by atoms with E-state index in [2.05, 4.69) is 13.8 Å². The summed E-state index contributed by atoms with van der Waals surface area (Å²) in [5, 5.41) is 8.85. The summed E-state index contributed by atoms with van der Waals surface area (Å²) in [6.07, 6.45) is 8.01. The van der Waals surface area contributed by atoms with Crippen molar-refractivity contribution in [3.63, 3.8) is 0 Å². The first-order chi connectivity index (χ1) is 8.07. The highest BCUT2D eigenvalue weighted by Gasteiger charge is 2.26. The molecule has 0 saturated heterocycles. The molecular weight excluding hydrogens is 211 g/mol. The Labute approximate surface area is 108 Å². The third-order valence-corrected chi connectivity index (χ3v) is 4.23. The van der Waals surface area contributed by atoms with Crippen LogP contribution in [0.1, 0.15) is 58.8 Å². The topological polar surface area (TPSA) is 29.5 Å². The molecule has 1 rings (SSSR count). The molecule has 3 heteroatoms. The van der Waals surface area contributed by atoms with E-state index in [4.69, 9.17) is 17.7 Å². The van der Waals surface area contributed by atoms with E-state index in [-0.39, 0.29) is 6.61 Å². The molecule has 98 valence electrons. The smallest absolute Gasteiger partial charge is 0.113 e. The molecule has 1 N–H and O–H groups in total. The maximum absolute atomic E-state index is 8.85. The van der Waals surface area contributed by atoms with Crippen LogP contribution in [-0.2, 0) is 4.74 Å². The SMILES string of the molecule is [B]C1(OCCO)CCCCCC(C)C(C)CC1. The van der Waals surface area contributed by atoms with Gasteiger partial charge in [-0.15, -0.1) is 0 Å². The van der Waals surface area contributed by atoms with Crippen molar-refractivity contribution in [3.05, 3.63) is 0 Å². The fourth-order valence-electron chi connectivity index (χ4n) is 2.63. The molecule has 17 heavy (non-hydrogen) atoms. The second-order valence-corrected chi connectivity index (χ2v) is 5.73. The third kappa shape index (κ3) is 5.43. The average molecular weight is 238 g/mol. The molecule has 0 amide bonds. The zero-order chi connectivity index (χ0) is 12.7. The van der Waals surface area contributed by atoms with Crippen molar-refractivity contribution in [2.75, 3.05) is 13.2 Å². The summed E-state index contributed by atoms with van der Waals surface area (Å²) in [4.78, 5) is 0. The van der Waals surface area contributed by atoms with Gasteiger partial charge in [0.2, 0.25) is 0 Å². The predicted octanol–water partition coefficient (Wildman–Crippen LogP) is 2.88. The largest absolute Gasteiger partial charge is 0.394 e. The van der Waals surface area contributed by atoms with Crippen LogP contribution < -0.4 is 0 Å².